The molecule has 0 N–H and O–H groups in total. The molecule has 0 atom stereocenters. The number of benzene rings is 2. The van der Waals surface area contributed by atoms with Crippen molar-refractivity contribution >= 4 is 5.57 Å². The fourth-order valence-electron chi connectivity index (χ4n) is 1.54. The number of hydrogen-bond donors (Lipinski definition) is 0. The number of ether oxygens (including phenoxy) is 1. The average molecular weight is 224 g/mol. The number of aryl methyl sites for hydroxylation is 1. The maximum Gasteiger partial charge on any atom is 0.126 e. The van der Waals surface area contributed by atoms with Crippen LogP contribution in [-0.4, -0.2) is 0 Å². The van der Waals surface area contributed by atoms with Gasteiger partial charge in [-0.15, -0.1) is 0 Å². The van der Waals surface area contributed by atoms with Gasteiger partial charge in [0.1, 0.15) is 5.75 Å². The zero-order chi connectivity index (χ0) is 12.1. The lowest BCUT2D eigenvalue weighted by atomic mass is 10.1. The highest BCUT2D eigenvalue weighted by atomic mass is 16.5. The molecular weight excluding hydrogens is 208 g/mol. The van der Waals surface area contributed by atoms with Crippen LogP contribution in [0.5, 0.6) is 5.75 Å². The Bertz CT molecular complexity index is 495. The first-order valence-corrected chi connectivity index (χ1v) is 5.71. The van der Waals surface area contributed by atoms with E-state index in [1.807, 2.05) is 37.3 Å². The zero-order valence-corrected chi connectivity index (χ0v) is 10.2. The van der Waals surface area contributed by atoms with Crippen LogP contribution in [0.4, 0.5) is 0 Å². The highest BCUT2D eigenvalue weighted by molar-refractivity contribution is 5.63. The van der Waals surface area contributed by atoms with Gasteiger partial charge in [0.15, 0.2) is 0 Å². The van der Waals surface area contributed by atoms with Gasteiger partial charge in [-0.05, 0) is 37.1 Å². The molecule has 2 rings (SSSR count). The third-order valence-corrected chi connectivity index (χ3v) is 2.62. The molecule has 1 nitrogen and oxygen atoms in total. The summed E-state index contributed by atoms with van der Waals surface area (Å²) in [6.07, 6.45) is 1.79. The Morgan fingerprint density at radius 1 is 0.941 bits per heavy atom. The summed E-state index contributed by atoms with van der Waals surface area (Å²) in [4.78, 5) is 0. The lowest BCUT2D eigenvalue weighted by Crippen LogP contribution is -1.86. The molecule has 17 heavy (non-hydrogen) atoms. The van der Waals surface area contributed by atoms with Crippen LogP contribution in [0.1, 0.15) is 18.1 Å². The van der Waals surface area contributed by atoms with Crippen molar-refractivity contribution in [2.45, 2.75) is 13.8 Å². The quantitative estimate of drug-likeness (QED) is 0.700. The van der Waals surface area contributed by atoms with Gasteiger partial charge in [0.2, 0.25) is 0 Å². The molecular formula is C16H16O. The molecule has 1 heteroatoms. The van der Waals surface area contributed by atoms with Crippen molar-refractivity contribution < 1.29 is 4.74 Å². The average Bonchev–Trinajstić information content (AvgIpc) is 2.38. The minimum absolute atomic E-state index is 0.860. The molecule has 0 saturated carbocycles. The van der Waals surface area contributed by atoms with Crippen molar-refractivity contribution in [1.29, 1.82) is 0 Å². The van der Waals surface area contributed by atoms with Gasteiger partial charge >= 0.3 is 0 Å². The van der Waals surface area contributed by atoms with E-state index in [0.717, 1.165) is 11.3 Å². The molecule has 0 aliphatic rings. The molecule has 0 bridgehead atoms. The summed E-state index contributed by atoms with van der Waals surface area (Å²) in [7, 11) is 0. The highest BCUT2D eigenvalue weighted by Crippen LogP contribution is 2.16. The Morgan fingerprint density at radius 2 is 1.59 bits per heavy atom. The molecule has 2 aromatic carbocycles. The van der Waals surface area contributed by atoms with E-state index in [0.29, 0.717) is 0 Å². The van der Waals surface area contributed by atoms with Gasteiger partial charge in [0.05, 0.1) is 6.26 Å². The predicted molar refractivity (Wildman–Crippen MR) is 71.9 cm³/mol. The third-order valence-electron chi connectivity index (χ3n) is 2.62. The van der Waals surface area contributed by atoms with Crippen LogP contribution in [0.15, 0.2) is 60.9 Å². The number of rotatable bonds is 3. The third kappa shape index (κ3) is 3.22. The van der Waals surface area contributed by atoms with E-state index in [1.54, 1.807) is 6.26 Å². The Hall–Kier alpha value is -2.02. The molecule has 0 radical (unpaired) electrons. The SMILES string of the molecule is CC(=COc1ccccc1)c1ccc(C)cc1. The van der Waals surface area contributed by atoms with Crippen molar-refractivity contribution in [3.63, 3.8) is 0 Å². The van der Waals surface area contributed by atoms with Gasteiger partial charge in [-0.2, -0.15) is 0 Å². The topological polar surface area (TPSA) is 9.23 Å². The molecule has 0 fully saturated rings. The van der Waals surface area contributed by atoms with Crippen LogP contribution in [0.2, 0.25) is 0 Å². The molecule has 0 spiro atoms. The Labute approximate surface area is 102 Å². The van der Waals surface area contributed by atoms with E-state index in [9.17, 15) is 0 Å². The van der Waals surface area contributed by atoms with Crippen molar-refractivity contribution in [3.8, 4) is 5.75 Å². The van der Waals surface area contributed by atoms with Gasteiger partial charge in [0.25, 0.3) is 0 Å². The first-order valence-electron chi connectivity index (χ1n) is 5.71. The number of para-hydroxylation sites is 1. The molecule has 0 aromatic heterocycles. The van der Waals surface area contributed by atoms with E-state index in [-0.39, 0.29) is 0 Å². The smallest absolute Gasteiger partial charge is 0.126 e. The second-order valence-corrected chi connectivity index (χ2v) is 4.10. The Balaban J connectivity index is 2.10. The minimum Gasteiger partial charge on any atom is -0.465 e. The molecule has 0 saturated heterocycles. The molecule has 0 aliphatic carbocycles. The summed E-state index contributed by atoms with van der Waals surface area (Å²) in [5.41, 5.74) is 3.57. The molecule has 0 amide bonds. The maximum absolute atomic E-state index is 5.59. The number of allylic oxidation sites excluding steroid dienone is 1. The predicted octanol–water partition coefficient (Wildman–Crippen LogP) is 4.43. The van der Waals surface area contributed by atoms with E-state index in [2.05, 4.69) is 31.2 Å². The van der Waals surface area contributed by atoms with E-state index in [4.69, 9.17) is 4.74 Å². The molecule has 0 unspecified atom stereocenters. The van der Waals surface area contributed by atoms with Crippen molar-refractivity contribution in [1.82, 2.24) is 0 Å². The van der Waals surface area contributed by atoms with Gasteiger partial charge in [-0.3, -0.25) is 0 Å². The van der Waals surface area contributed by atoms with E-state index >= 15 is 0 Å². The minimum atomic E-state index is 0.860. The van der Waals surface area contributed by atoms with Crippen LogP contribution in [-0.2, 0) is 0 Å². The van der Waals surface area contributed by atoms with Crippen molar-refractivity contribution in [2.24, 2.45) is 0 Å². The van der Waals surface area contributed by atoms with Crippen LogP contribution < -0.4 is 4.74 Å². The van der Waals surface area contributed by atoms with Gasteiger partial charge in [-0.25, -0.2) is 0 Å². The van der Waals surface area contributed by atoms with Crippen LogP contribution in [0.3, 0.4) is 0 Å². The van der Waals surface area contributed by atoms with Crippen molar-refractivity contribution in [3.05, 3.63) is 72.0 Å². The zero-order valence-electron chi connectivity index (χ0n) is 10.2. The first-order chi connectivity index (χ1) is 8.25. The molecule has 2 aromatic rings. The molecule has 0 aliphatic heterocycles. The molecule has 86 valence electrons. The van der Waals surface area contributed by atoms with Gasteiger partial charge in [-0.1, -0.05) is 48.0 Å². The molecule has 0 heterocycles. The van der Waals surface area contributed by atoms with Crippen LogP contribution in [0, 0.1) is 6.92 Å². The van der Waals surface area contributed by atoms with Gasteiger partial charge in [0, 0.05) is 0 Å². The standard InChI is InChI=1S/C16H16O/c1-13-8-10-15(11-9-13)14(2)12-17-16-6-4-3-5-7-16/h3-12H,1-2H3. The Morgan fingerprint density at radius 3 is 2.24 bits per heavy atom. The second kappa shape index (κ2) is 5.35. The summed E-state index contributed by atoms with van der Waals surface area (Å²) in [5.74, 6) is 0.860. The van der Waals surface area contributed by atoms with E-state index < -0.39 is 0 Å². The largest absolute Gasteiger partial charge is 0.465 e. The second-order valence-electron chi connectivity index (χ2n) is 4.10. The lowest BCUT2D eigenvalue weighted by Gasteiger charge is -2.04. The van der Waals surface area contributed by atoms with Crippen LogP contribution >= 0.6 is 0 Å². The summed E-state index contributed by atoms with van der Waals surface area (Å²) in [6, 6.07) is 18.2. The van der Waals surface area contributed by atoms with Gasteiger partial charge < -0.3 is 4.74 Å². The van der Waals surface area contributed by atoms with Crippen molar-refractivity contribution in [2.75, 3.05) is 0 Å². The fraction of sp³-hybridized carbons (Fsp3) is 0.125. The van der Waals surface area contributed by atoms with E-state index in [1.165, 1.54) is 11.1 Å². The normalized spacial score (nSPS) is 11.3. The monoisotopic (exact) mass is 224 g/mol. The van der Waals surface area contributed by atoms with Crippen LogP contribution in [0.25, 0.3) is 5.57 Å². The summed E-state index contributed by atoms with van der Waals surface area (Å²) >= 11 is 0. The summed E-state index contributed by atoms with van der Waals surface area (Å²) < 4.78 is 5.59. The number of hydrogen-bond acceptors (Lipinski definition) is 1. The first kappa shape index (κ1) is 11.5. The fourth-order valence-corrected chi connectivity index (χ4v) is 1.54. The lowest BCUT2D eigenvalue weighted by molar-refractivity contribution is 0.483. The summed E-state index contributed by atoms with van der Waals surface area (Å²) in [5, 5.41) is 0. The summed E-state index contributed by atoms with van der Waals surface area (Å²) in [6.45, 7) is 4.14. The highest BCUT2D eigenvalue weighted by Gasteiger charge is 1.96. The maximum atomic E-state index is 5.59. The Kier molecular flexibility index (Phi) is 3.61.